The number of nitrogens with zero attached hydrogens (tertiary/aromatic N) is 2. The number of morpholine rings is 1. The number of hydrogen-bond acceptors (Lipinski definition) is 7. The van der Waals surface area contributed by atoms with Crippen LogP contribution in [0.15, 0.2) is 43.8 Å². The quantitative estimate of drug-likeness (QED) is 0.724. The lowest BCUT2D eigenvalue weighted by molar-refractivity contribution is 0.0697. The van der Waals surface area contributed by atoms with Crippen LogP contribution in [0.25, 0.3) is 6.08 Å². The SMILES string of the molecule is COc1cccc(S2=C(N3CCOCC3)C=c3cc(S(N)(=O)=O)sc3=N2)c1. The summed E-state index contributed by atoms with van der Waals surface area (Å²) in [7, 11) is -2.70. The Morgan fingerprint density at radius 3 is 2.78 bits per heavy atom. The van der Waals surface area contributed by atoms with E-state index in [4.69, 9.17) is 19.0 Å². The van der Waals surface area contributed by atoms with Crippen LogP contribution in [0, 0.1) is 0 Å². The number of benzene rings is 1. The van der Waals surface area contributed by atoms with Crippen molar-refractivity contribution >= 4 is 43.1 Å². The Morgan fingerprint density at radius 2 is 2.07 bits per heavy atom. The maximum atomic E-state index is 11.8. The van der Waals surface area contributed by atoms with Crippen LogP contribution >= 0.6 is 22.0 Å². The molecule has 10 heteroatoms. The van der Waals surface area contributed by atoms with E-state index in [9.17, 15) is 8.42 Å². The maximum absolute atomic E-state index is 11.8. The summed E-state index contributed by atoms with van der Waals surface area (Å²) in [4.78, 5) is 4.33. The fourth-order valence-corrected chi connectivity index (χ4v) is 6.69. The van der Waals surface area contributed by atoms with Crippen LogP contribution in [0.4, 0.5) is 0 Å². The Morgan fingerprint density at radius 1 is 1.30 bits per heavy atom. The summed E-state index contributed by atoms with van der Waals surface area (Å²) < 4.78 is 40.1. The second kappa shape index (κ2) is 7.46. The number of primary sulfonamides is 1. The molecule has 2 aliphatic heterocycles. The van der Waals surface area contributed by atoms with Crippen molar-refractivity contribution < 1.29 is 17.9 Å². The van der Waals surface area contributed by atoms with Gasteiger partial charge in [0.2, 0.25) is 10.0 Å². The van der Waals surface area contributed by atoms with Gasteiger partial charge >= 0.3 is 0 Å². The largest absolute Gasteiger partial charge is 0.497 e. The number of hydrogen-bond donors (Lipinski definition) is 1. The Balaban J connectivity index is 1.90. The van der Waals surface area contributed by atoms with Gasteiger partial charge in [-0.25, -0.2) is 18.0 Å². The van der Waals surface area contributed by atoms with Crippen LogP contribution in [-0.4, -0.2) is 51.7 Å². The smallest absolute Gasteiger partial charge is 0.247 e. The van der Waals surface area contributed by atoms with Gasteiger partial charge in [0.15, 0.2) is 0 Å². The van der Waals surface area contributed by atoms with E-state index in [1.165, 1.54) is 0 Å². The number of thiophene rings is 1. The highest BCUT2D eigenvalue weighted by Gasteiger charge is 2.22. The van der Waals surface area contributed by atoms with Crippen molar-refractivity contribution in [3.8, 4) is 5.75 Å². The summed E-state index contributed by atoms with van der Waals surface area (Å²) in [5.41, 5.74) is 0. The van der Waals surface area contributed by atoms with Crippen LogP contribution in [0.3, 0.4) is 0 Å². The Labute approximate surface area is 163 Å². The van der Waals surface area contributed by atoms with Gasteiger partial charge in [-0.2, -0.15) is 0 Å². The summed E-state index contributed by atoms with van der Waals surface area (Å²) in [5.74, 6) is 0.763. The summed E-state index contributed by atoms with van der Waals surface area (Å²) >= 11 is 1.11. The molecule has 1 atom stereocenters. The lowest BCUT2D eigenvalue weighted by Gasteiger charge is -2.29. The van der Waals surface area contributed by atoms with E-state index >= 15 is 0 Å². The van der Waals surface area contributed by atoms with Crippen LogP contribution < -0.4 is 19.8 Å². The average molecular weight is 426 g/mol. The Kier molecular flexibility index (Phi) is 5.19. The van der Waals surface area contributed by atoms with Gasteiger partial charge in [0.1, 0.15) is 14.6 Å². The first-order chi connectivity index (χ1) is 13.0. The standard InChI is InChI=1S/C17H19N3O4S3/c1-23-13-3-2-4-14(11-13)26-15(20-5-7-24-8-6-20)9-12-10-16(27(18,21)22)25-17(12)19-26/h2-4,9-11H,5-8H2,1H3,(H2,18,21,22). The fraction of sp³-hybridized carbons (Fsp3) is 0.294. The maximum Gasteiger partial charge on any atom is 0.247 e. The minimum absolute atomic E-state index is 0.130. The first kappa shape index (κ1) is 18.8. The van der Waals surface area contributed by atoms with E-state index in [0.717, 1.165) is 45.3 Å². The molecule has 0 aliphatic carbocycles. The topological polar surface area (TPSA) is 94.2 Å². The molecule has 0 saturated carbocycles. The highest BCUT2D eigenvalue weighted by Crippen LogP contribution is 2.34. The third-order valence-electron chi connectivity index (χ3n) is 4.24. The summed E-state index contributed by atoms with van der Waals surface area (Å²) in [5, 5.41) is 6.10. The summed E-state index contributed by atoms with van der Waals surface area (Å²) in [6.07, 6.45) is 2.03. The third kappa shape index (κ3) is 3.86. The van der Waals surface area contributed by atoms with Crippen molar-refractivity contribution in [2.24, 2.45) is 9.54 Å². The second-order valence-corrected chi connectivity index (χ2v) is 10.5. The summed E-state index contributed by atoms with van der Waals surface area (Å²) in [6.45, 7) is 2.86. The van der Waals surface area contributed by atoms with Gasteiger partial charge in [0.05, 0.1) is 25.3 Å². The summed E-state index contributed by atoms with van der Waals surface area (Å²) in [6, 6.07) is 9.42. The molecule has 1 aromatic carbocycles. The molecule has 2 aliphatic rings. The first-order valence-corrected chi connectivity index (χ1v) is 11.8. The van der Waals surface area contributed by atoms with Crippen LogP contribution in [0.2, 0.25) is 0 Å². The third-order valence-corrected chi connectivity index (χ3v) is 8.65. The van der Waals surface area contributed by atoms with Crippen molar-refractivity contribution in [1.29, 1.82) is 0 Å². The zero-order chi connectivity index (χ0) is 19.0. The van der Waals surface area contributed by atoms with E-state index in [2.05, 4.69) is 4.90 Å². The normalized spacial score (nSPS) is 20.5. The molecule has 27 heavy (non-hydrogen) atoms. The number of nitrogens with two attached hydrogens (primary N) is 1. The zero-order valence-corrected chi connectivity index (χ0v) is 17.1. The number of sulfonamides is 1. The number of fused-ring (bicyclic) bond motifs is 1. The van der Waals surface area contributed by atoms with Crippen LogP contribution in [0.1, 0.15) is 0 Å². The van der Waals surface area contributed by atoms with Crippen LogP contribution in [-0.2, 0) is 14.8 Å². The number of rotatable bonds is 3. The van der Waals surface area contributed by atoms with Gasteiger partial charge < -0.3 is 9.47 Å². The van der Waals surface area contributed by atoms with Gasteiger partial charge in [0.25, 0.3) is 0 Å². The van der Waals surface area contributed by atoms with Gasteiger partial charge in [-0.15, -0.1) is 11.3 Å². The molecular formula is C17H19N3O4S3. The first-order valence-electron chi connectivity index (χ1n) is 8.27. The molecule has 3 heterocycles. The number of methoxy groups -OCH3 is 1. The predicted molar refractivity (Wildman–Crippen MR) is 107 cm³/mol. The lowest BCUT2D eigenvalue weighted by Crippen LogP contribution is -2.42. The molecule has 0 radical (unpaired) electrons. The minimum Gasteiger partial charge on any atom is -0.497 e. The molecule has 1 saturated heterocycles. The van der Waals surface area contributed by atoms with Gasteiger partial charge in [0, 0.05) is 23.2 Å². The van der Waals surface area contributed by atoms with Gasteiger partial charge in [-0.05, 0) is 41.0 Å². The van der Waals surface area contributed by atoms with E-state index in [1.54, 1.807) is 13.2 Å². The van der Waals surface area contributed by atoms with Crippen molar-refractivity contribution in [3.63, 3.8) is 0 Å². The molecule has 1 aromatic heterocycles. The molecule has 2 N–H and O–H groups in total. The van der Waals surface area contributed by atoms with Crippen molar-refractivity contribution in [2.75, 3.05) is 33.4 Å². The molecule has 144 valence electrons. The Hall–Kier alpha value is -1.56. The van der Waals surface area contributed by atoms with Crippen molar-refractivity contribution in [2.45, 2.75) is 9.10 Å². The molecule has 4 rings (SSSR count). The van der Waals surface area contributed by atoms with Crippen molar-refractivity contribution in [1.82, 2.24) is 4.90 Å². The second-order valence-electron chi connectivity index (χ2n) is 6.01. The monoisotopic (exact) mass is 425 g/mol. The fourth-order valence-electron chi connectivity index (χ4n) is 2.90. The molecule has 1 unspecified atom stereocenters. The van der Waals surface area contributed by atoms with Gasteiger partial charge in [-0.3, -0.25) is 4.90 Å². The van der Waals surface area contributed by atoms with Crippen LogP contribution in [0.5, 0.6) is 5.75 Å². The molecule has 2 aromatic rings. The Bertz CT molecular complexity index is 1130. The molecule has 0 bridgehead atoms. The lowest BCUT2D eigenvalue weighted by atomic mass is 10.3. The van der Waals surface area contributed by atoms with E-state index < -0.39 is 20.7 Å². The zero-order valence-electron chi connectivity index (χ0n) is 14.6. The van der Waals surface area contributed by atoms with E-state index in [0.29, 0.717) is 17.9 Å². The molecule has 0 spiro atoms. The predicted octanol–water partition coefficient (Wildman–Crippen LogP) is 0.523. The highest BCUT2D eigenvalue weighted by atomic mass is 32.2. The van der Waals surface area contributed by atoms with E-state index in [1.807, 2.05) is 30.3 Å². The van der Waals surface area contributed by atoms with E-state index in [-0.39, 0.29) is 4.21 Å². The van der Waals surface area contributed by atoms with Gasteiger partial charge in [-0.1, -0.05) is 6.07 Å². The average Bonchev–Trinajstić information content (AvgIpc) is 3.11. The molecular weight excluding hydrogens is 406 g/mol. The number of ether oxygens (including phenoxy) is 2. The van der Waals surface area contributed by atoms with Crippen molar-refractivity contribution in [3.05, 3.63) is 40.2 Å². The molecule has 7 nitrogen and oxygen atoms in total. The molecule has 0 amide bonds. The molecule has 1 fully saturated rings. The minimum atomic E-state index is -3.75. The highest BCUT2D eigenvalue weighted by molar-refractivity contribution is 8.15.